The van der Waals surface area contributed by atoms with E-state index in [1.807, 2.05) is 0 Å². The topological polar surface area (TPSA) is 96.4 Å². The van der Waals surface area contributed by atoms with Crippen molar-refractivity contribution in [1.29, 1.82) is 0 Å². The van der Waals surface area contributed by atoms with Crippen molar-refractivity contribution >= 4 is 47.6 Å². The molecule has 1 heterocycles. The Kier molecular flexibility index (Phi) is 6.23. The van der Waals surface area contributed by atoms with Crippen molar-refractivity contribution in [3.8, 4) is 0 Å². The van der Waals surface area contributed by atoms with Crippen LogP contribution >= 0.6 is 27.5 Å². The average Bonchev–Trinajstić information content (AvgIpc) is 2.55. The van der Waals surface area contributed by atoms with Crippen LogP contribution in [-0.2, 0) is 26.6 Å². The highest BCUT2D eigenvalue weighted by atomic mass is 79.9. The predicted octanol–water partition coefficient (Wildman–Crippen LogP) is 2.23. The molecule has 11 heteroatoms. The van der Waals surface area contributed by atoms with Gasteiger partial charge in [0.2, 0.25) is 20.0 Å². The molecular formula is C14H15BrClN3O4S2. The SMILES string of the molecule is CN(C)S(=O)(=O)c1ccccc1CNS(=O)(=O)c1cc(Br)cnc1Cl. The molecule has 0 bridgehead atoms. The summed E-state index contributed by atoms with van der Waals surface area (Å²) in [6.45, 7) is -0.214. The highest BCUT2D eigenvalue weighted by molar-refractivity contribution is 9.10. The van der Waals surface area contributed by atoms with Gasteiger partial charge in [-0.25, -0.2) is 30.8 Å². The molecule has 2 aromatic rings. The molecule has 1 aromatic heterocycles. The molecule has 0 aliphatic carbocycles. The number of hydrogen-bond acceptors (Lipinski definition) is 5. The second-order valence-corrected chi connectivity index (χ2v) is 10.3. The first-order valence-electron chi connectivity index (χ1n) is 6.87. The third-order valence-corrected chi connectivity index (χ3v) is 7.42. The largest absolute Gasteiger partial charge is 0.243 e. The van der Waals surface area contributed by atoms with Gasteiger partial charge in [-0.15, -0.1) is 0 Å². The number of rotatable bonds is 6. The number of aromatic nitrogens is 1. The van der Waals surface area contributed by atoms with E-state index in [0.29, 0.717) is 10.0 Å². The van der Waals surface area contributed by atoms with Crippen molar-refractivity contribution in [1.82, 2.24) is 14.0 Å². The summed E-state index contributed by atoms with van der Waals surface area (Å²) in [5.41, 5.74) is 0.318. The van der Waals surface area contributed by atoms with Crippen LogP contribution in [0.5, 0.6) is 0 Å². The fraction of sp³-hybridized carbons (Fsp3) is 0.214. The number of benzene rings is 1. The van der Waals surface area contributed by atoms with Gasteiger partial charge in [0.1, 0.15) is 10.0 Å². The lowest BCUT2D eigenvalue weighted by Crippen LogP contribution is -2.27. The smallest absolute Gasteiger partial charge is 0.242 e. The van der Waals surface area contributed by atoms with Gasteiger partial charge < -0.3 is 0 Å². The van der Waals surface area contributed by atoms with E-state index >= 15 is 0 Å². The number of halogens is 2. The van der Waals surface area contributed by atoms with E-state index in [1.165, 1.54) is 32.4 Å². The number of nitrogens with zero attached hydrogens (tertiary/aromatic N) is 2. The van der Waals surface area contributed by atoms with Gasteiger partial charge in [-0.2, -0.15) is 0 Å². The second-order valence-electron chi connectivity index (χ2n) is 5.16. The first kappa shape index (κ1) is 20.3. The molecule has 0 amide bonds. The van der Waals surface area contributed by atoms with E-state index in [-0.39, 0.29) is 21.5 Å². The molecule has 2 rings (SSSR count). The summed E-state index contributed by atoms with van der Waals surface area (Å²) in [5.74, 6) is 0. The van der Waals surface area contributed by atoms with Crippen LogP contribution in [0.4, 0.5) is 0 Å². The Hall–Kier alpha value is -1.04. The molecule has 0 spiro atoms. The van der Waals surface area contributed by atoms with Crippen LogP contribution < -0.4 is 4.72 Å². The molecule has 136 valence electrons. The third kappa shape index (κ3) is 4.57. The second kappa shape index (κ2) is 7.68. The lowest BCUT2D eigenvalue weighted by molar-refractivity contribution is 0.519. The van der Waals surface area contributed by atoms with Crippen LogP contribution in [0.15, 0.2) is 50.8 Å². The van der Waals surface area contributed by atoms with E-state index in [0.717, 1.165) is 4.31 Å². The van der Waals surface area contributed by atoms with Crippen LogP contribution in [0.3, 0.4) is 0 Å². The Bertz CT molecular complexity index is 995. The van der Waals surface area contributed by atoms with Crippen LogP contribution in [0.1, 0.15) is 5.56 Å². The molecule has 1 aromatic carbocycles. The minimum absolute atomic E-state index is 0.0289. The van der Waals surface area contributed by atoms with Gasteiger partial charge >= 0.3 is 0 Å². The monoisotopic (exact) mass is 467 g/mol. The van der Waals surface area contributed by atoms with Gasteiger partial charge in [0.25, 0.3) is 0 Å². The highest BCUT2D eigenvalue weighted by Crippen LogP contribution is 2.24. The van der Waals surface area contributed by atoms with Crippen molar-refractivity contribution in [3.63, 3.8) is 0 Å². The maximum atomic E-state index is 12.5. The Morgan fingerprint density at radius 1 is 1.16 bits per heavy atom. The van der Waals surface area contributed by atoms with Gasteiger partial charge in [-0.05, 0) is 33.6 Å². The first-order valence-corrected chi connectivity index (χ1v) is 11.0. The maximum Gasteiger partial charge on any atom is 0.243 e. The molecule has 0 radical (unpaired) electrons. The summed E-state index contributed by atoms with van der Waals surface area (Å²) in [7, 11) is -4.87. The lowest BCUT2D eigenvalue weighted by atomic mass is 10.2. The summed E-state index contributed by atoms with van der Waals surface area (Å²) >= 11 is 8.99. The quantitative estimate of drug-likeness (QED) is 0.656. The number of hydrogen-bond donors (Lipinski definition) is 1. The van der Waals surface area contributed by atoms with Crippen LogP contribution in [0.25, 0.3) is 0 Å². The first-order chi connectivity index (χ1) is 11.6. The van der Waals surface area contributed by atoms with Crippen molar-refractivity contribution in [2.24, 2.45) is 0 Å². The van der Waals surface area contributed by atoms with Crippen LogP contribution in [-0.4, -0.2) is 40.2 Å². The van der Waals surface area contributed by atoms with Crippen molar-refractivity contribution < 1.29 is 16.8 Å². The zero-order valence-corrected chi connectivity index (χ0v) is 17.2. The zero-order valence-electron chi connectivity index (χ0n) is 13.3. The van der Waals surface area contributed by atoms with E-state index in [9.17, 15) is 16.8 Å². The van der Waals surface area contributed by atoms with Gasteiger partial charge in [-0.3, -0.25) is 0 Å². The molecule has 1 N–H and O–H groups in total. The number of sulfonamides is 2. The fourth-order valence-corrected chi connectivity index (χ4v) is 5.01. The fourth-order valence-electron chi connectivity index (χ4n) is 1.94. The Balaban J connectivity index is 2.35. The third-order valence-electron chi connectivity index (χ3n) is 3.25. The van der Waals surface area contributed by atoms with Crippen molar-refractivity contribution in [2.75, 3.05) is 14.1 Å². The molecule has 0 saturated heterocycles. The Morgan fingerprint density at radius 2 is 1.80 bits per heavy atom. The average molecular weight is 469 g/mol. The molecule has 0 unspecified atom stereocenters. The molecule has 0 fully saturated rings. The summed E-state index contributed by atoms with van der Waals surface area (Å²) < 4.78 is 53.5. The summed E-state index contributed by atoms with van der Waals surface area (Å²) in [6.07, 6.45) is 1.38. The standard InChI is InChI=1S/C14H15BrClN3O4S2/c1-19(2)25(22,23)12-6-4-3-5-10(12)8-18-24(20,21)13-7-11(15)9-17-14(13)16/h3-7,9,18H,8H2,1-2H3. The van der Waals surface area contributed by atoms with E-state index in [1.54, 1.807) is 18.2 Å². The lowest BCUT2D eigenvalue weighted by Gasteiger charge is -2.15. The normalized spacial score (nSPS) is 12.5. The van der Waals surface area contributed by atoms with Gasteiger partial charge in [0.15, 0.2) is 0 Å². The van der Waals surface area contributed by atoms with Gasteiger partial charge in [0, 0.05) is 31.3 Å². The minimum atomic E-state index is -3.98. The van der Waals surface area contributed by atoms with E-state index < -0.39 is 20.0 Å². The number of pyridine rings is 1. The molecule has 0 aliphatic rings. The van der Waals surface area contributed by atoms with Crippen LogP contribution in [0, 0.1) is 0 Å². The molecule has 0 saturated carbocycles. The van der Waals surface area contributed by atoms with Crippen LogP contribution in [0.2, 0.25) is 5.15 Å². The molecule has 25 heavy (non-hydrogen) atoms. The highest BCUT2D eigenvalue weighted by Gasteiger charge is 2.23. The van der Waals surface area contributed by atoms with Gasteiger partial charge in [-0.1, -0.05) is 29.8 Å². The molecule has 0 aliphatic heterocycles. The van der Waals surface area contributed by atoms with Crippen molar-refractivity contribution in [2.45, 2.75) is 16.3 Å². The summed E-state index contributed by atoms with van der Waals surface area (Å²) in [4.78, 5) is 3.61. The Morgan fingerprint density at radius 3 is 2.44 bits per heavy atom. The van der Waals surface area contributed by atoms with Gasteiger partial charge in [0.05, 0.1) is 4.90 Å². The maximum absolute atomic E-state index is 12.5. The number of nitrogens with one attached hydrogen (secondary N) is 1. The van der Waals surface area contributed by atoms with Crippen molar-refractivity contribution in [3.05, 3.63) is 51.7 Å². The summed E-state index contributed by atoms with van der Waals surface area (Å²) in [5, 5.41) is -0.176. The summed E-state index contributed by atoms with van der Waals surface area (Å²) in [6, 6.07) is 7.49. The molecular weight excluding hydrogens is 454 g/mol. The zero-order chi connectivity index (χ0) is 18.8. The van der Waals surface area contributed by atoms with E-state index in [2.05, 4.69) is 25.6 Å². The molecule has 0 atom stereocenters. The predicted molar refractivity (Wildman–Crippen MR) is 98.3 cm³/mol. The van der Waals surface area contributed by atoms with E-state index in [4.69, 9.17) is 11.6 Å². The Labute approximate surface area is 160 Å². The minimum Gasteiger partial charge on any atom is -0.242 e. The molecule has 7 nitrogen and oxygen atoms in total.